The van der Waals surface area contributed by atoms with E-state index in [4.69, 9.17) is 4.74 Å². The van der Waals surface area contributed by atoms with Crippen molar-refractivity contribution in [1.29, 1.82) is 0 Å². The fraction of sp³-hybridized carbons (Fsp3) is 0.378. The second kappa shape index (κ2) is 18.3. The summed E-state index contributed by atoms with van der Waals surface area (Å²) in [4.78, 5) is 59.6. The Balaban J connectivity index is 0.000000274. The molecule has 2 fully saturated rings. The van der Waals surface area contributed by atoms with Crippen molar-refractivity contribution in [1.82, 2.24) is 24.8 Å². The molecule has 0 radical (unpaired) electrons. The molecule has 2 aliphatic rings. The Morgan fingerprint density at radius 1 is 0.588 bits per heavy atom. The van der Waals surface area contributed by atoms with Gasteiger partial charge in [0.25, 0.3) is 0 Å². The Bertz CT molecular complexity index is 1720. The lowest BCUT2D eigenvalue weighted by molar-refractivity contribution is 0.0240. The average Bonchev–Trinajstić information content (AvgIpc) is 3.12. The molecular formula is C37H44ClF2N7O4. The average molecular weight is 724 g/mol. The van der Waals surface area contributed by atoms with Crippen LogP contribution in [0.5, 0.6) is 0 Å². The largest absolute Gasteiger partial charge is 0.444 e. The van der Waals surface area contributed by atoms with Gasteiger partial charge < -0.3 is 19.4 Å². The highest BCUT2D eigenvalue weighted by atomic mass is 35.5. The van der Waals surface area contributed by atoms with Crippen LogP contribution < -0.4 is 9.80 Å². The van der Waals surface area contributed by atoms with Crippen LogP contribution in [-0.2, 0) is 4.74 Å². The number of piperidine rings is 1. The lowest BCUT2D eigenvalue weighted by Gasteiger charge is -2.35. The molecule has 2 aromatic carbocycles. The number of hydrogen-bond acceptors (Lipinski definition) is 10. The van der Waals surface area contributed by atoms with E-state index in [-0.39, 0.29) is 43.3 Å². The summed E-state index contributed by atoms with van der Waals surface area (Å²) in [6.45, 7) is 9.60. The number of carbonyl (C=O) groups is 3. The number of benzene rings is 2. The summed E-state index contributed by atoms with van der Waals surface area (Å²) >= 11 is 0. The molecule has 4 heterocycles. The molecule has 51 heavy (non-hydrogen) atoms. The molecule has 0 saturated carbocycles. The maximum Gasteiger partial charge on any atom is 0.410 e. The first-order valence-corrected chi connectivity index (χ1v) is 16.2. The van der Waals surface area contributed by atoms with Gasteiger partial charge in [0.2, 0.25) is 11.9 Å². The van der Waals surface area contributed by atoms with Crippen LogP contribution in [0.1, 0.15) is 79.3 Å². The second-order valence-electron chi connectivity index (χ2n) is 12.7. The lowest BCUT2D eigenvalue weighted by atomic mass is 10.1. The Morgan fingerprint density at radius 2 is 0.961 bits per heavy atom. The Labute approximate surface area is 303 Å². The minimum absolute atomic E-state index is 0. The quantitative estimate of drug-likeness (QED) is 0.197. The minimum Gasteiger partial charge on any atom is -0.444 e. The monoisotopic (exact) mass is 723 g/mol. The van der Waals surface area contributed by atoms with Crippen molar-refractivity contribution >= 4 is 42.0 Å². The maximum atomic E-state index is 13.0. The molecule has 0 unspecified atom stereocenters. The van der Waals surface area contributed by atoms with Gasteiger partial charge in [0.15, 0.2) is 11.6 Å². The van der Waals surface area contributed by atoms with Gasteiger partial charge in [0.1, 0.15) is 17.2 Å². The van der Waals surface area contributed by atoms with Gasteiger partial charge in [-0.3, -0.25) is 9.59 Å². The second-order valence-corrected chi connectivity index (χ2v) is 12.7. The molecule has 11 nitrogen and oxygen atoms in total. The van der Waals surface area contributed by atoms with Crippen LogP contribution in [0.25, 0.3) is 0 Å². The van der Waals surface area contributed by atoms with E-state index in [9.17, 15) is 23.2 Å². The minimum atomic E-state index is -0.524. The summed E-state index contributed by atoms with van der Waals surface area (Å²) in [5, 5.41) is 0. The van der Waals surface area contributed by atoms with Crippen molar-refractivity contribution in [2.75, 3.05) is 49.1 Å². The summed E-state index contributed by atoms with van der Waals surface area (Å²) in [5.41, 5.74) is 1.05. The zero-order chi connectivity index (χ0) is 35.0. The van der Waals surface area contributed by atoms with E-state index in [0.29, 0.717) is 60.3 Å². The number of piperazine rings is 1. The van der Waals surface area contributed by atoms with Crippen LogP contribution in [-0.4, -0.2) is 87.4 Å². The molecule has 272 valence electrons. The lowest BCUT2D eigenvalue weighted by Crippen LogP contribution is -2.50. The summed E-state index contributed by atoms with van der Waals surface area (Å²) in [6.07, 6.45) is 9.25. The summed E-state index contributed by atoms with van der Waals surface area (Å²) in [6, 6.07) is 10.8. The van der Waals surface area contributed by atoms with Crippen LogP contribution in [0, 0.1) is 11.6 Å². The summed E-state index contributed by atoms with van der Waals surface area (Å²) in [7, 11) is 0. The maximum absolute atomic E-state index is 13.0. The van der Waals surface area contributed by atoms with E-state index in [1.165, 1.54) is 67.3 Å². The molecule has 2 saturated heterocycles. The van der Waals surface area contributed by atoms with Gasteiger partial charge in [-0.25, -0.2) is 33.5 Å². The van der Waals surface area contributed by atoms with Gasteiger partial charge in [-0.15, -0.1) is 12.4 Å². The van der Waals surface area contributed by atoms with Crippen LogP contribution in [0.3, 0.4) is 0 Å². The van der Waals surface area contributed by atoms with E-state index >= 15 is 0 Å². The van der Waals surface area contributed by atoms with E-state index in [1.54, 1.807) is 17.3 Å². The first-order valence-electron chi connectivity index (χ1n) is 16.2. The van der Waals surface area contributed by atoms with Crippen molar-refractivity contribution < 1.29 is 27.9 Å². The Morgan fingerprint density at radius 3 is 1.33 bits per heavy atom. The van der Waals surface area contributed by atoms with Crippen molar-refractivity contribution in [2.24, 2.45) is 0 Å². The van der Waals surface area contributed by atoms with Gasteiger partial charge in [-0.05, 0) is 88.6 Å². The van der Waals surface area contributed by atoms with Crippen LogP contribution in [0.4, 0.5) is 25.5 Å². The van der Waals surface area contributed by atoms with Crippen molar-refractivity contribution in [3.63, 3.8) is 0 Å². The van der Waals surface area contributed by atoms with E-state index in [1.807, 2.05) is 25.7 Å². The highest BCUT2D eigenvalue weighted by molar-refractivity contribution is 6.09. The number of amides is 1. The number of hydrogen-bond donors (Lipinski definition) is 0. The molecule has 4 aromatic rings. The topological polar surface area (TPSA) is 122 Å². The van der Waals surface area contributed by atoms with Gasteiger partial charge in [0, 0.05) is 75.2 Å². The van der Waals surface area contributed by atoms with Gasteiger partial charge in [0.05, 0.1) is 11.1 Å². The molecule has 0 spiro atoms. The molecule has 2 aromatic heterocycles. The number of ether oxygens (including phenoxy) is 1. The zero-order valence-corrected chi connectivity index (χ0v) is 29.0. The number of aromatic nitrogens is 4. The fourth-order valence-corrected chi connectivity index (χ4v) is 5.25. The van der Waals surface area contributed by atoms with E-state index in [2.05, 4.69) is 24.8 Å². The number of anilines is 2. The SMILES string of the molecule is C.CC(C)(C)OC(=O)N1CCN(c2ncc(C(=O)c3ccc(F)cc3)cn2)CC1.Cl.O=C(c1ccc(F)cc1)c1cnc(N2CCCCC2)nc1. The highest BCUT2D eigenvalue weighted by Crippen LogP contribution is 2.18. The van der Waals surface area contributed by atoms with Gasteiger partial charge in [-0.2, -0.15) is 0 Å². The molecular weight excluding hydrogens is 680 g/mol. The summed E-state index contributed by atoms with van der Waals surface area (Å²) in [5.74, 6) is -0.0386. The highest BCUT2D eigenvalue weighted by Gasteiger charge is 2.27. The van der Waals surface area contributed by atoms with E-state index < -0.39 is 11.4 Å². The van der Waals surface area contributed by atoms with Crippen LogP contribution in [0.15, 0.2) is 73.3 Å². The number of ketones is 2. The standard InChI is InChI=1S/C20H23FN4O3.C16H16FN3O.CH4.ClH/c1-20(2,3)28-19(27)25-10-8-24(9-11-25)18-22-12-15(13-23-18)17(26)14-4-6-16(21)7-5-14;17-14-6-4-12(5-7-14)15(21)13-10-18-16(19-11-13)20-8-2-1-3-9-20;;/h4-7,12-13H,8-11H2,1-3H3;4-7,10-11H,1-3,8-9H2;1H4;1H. The molecule has 2 aliphatic heterocycles. The van der Waals surface area contributed by atoms with Crippen molar-refractivity contribution in [2.45, 2.75) is 53.1 Å². The third-order valence-electron chi connectivity index (χ3n) is 7.87. The first-order chi connectivity index (χ1) is 23.5. The zero-order valence-electron chi connectivity index (χ0n) is 28.2. The Kier molecular flexibility index (Phi) is 14.5. The van der Waals surface area contributed by atoms with Gasteiger partial charge in [-0.1, -0.05) is 7.43 Å². The number of nitrogens with zero attached hydrogens (tertiary/aromatic N) is 7. The van der Waals surface area contributed by atoms with E-state index in [0.717, 1.165) is 25.9 Å². The predicted molar refractivity (Wildman–Crippen MR) is 194 cm³/mol. The molecule has 6 rings (SSSR count). The molecule has 1 amide bonds. The fourth-order valence-electron chi connectivity index (χ4n) is 5.25. The molecule has 0 aliphatic carbocycles. The van der Waals surface area contributed by atoms with Crippen LogP contribution in [0.2, 0.25) is 0 Å². The Hall–Kier alpha value is -5.04. The molecule has 0 N–H and O–H groups in total. The normalized spacial score (nSPS) is 14.3. The molecule has 14 heteroatoms. The van der Waals surface area contributed by atoms with Crippen molar-refractivity contribution in [3.8, 4) is 0 Å². The first kappa shape index (κ1) is 40.4. The number of halogens is 3. The number of carbonyl (C=O) groups excluding carboxylic acids is 3. The van der Waals surface area contributed by atoms with Crippen LogP contribution >= 0.6 is 12.4 Å². The third-order valence-corrected chi connectivity index (χ3v) is 7.87. The third kappa shape index (κ3) is 11.2. The smallest absolute Gasteiger partial charge is 0.410 e. The van der Waals surface area contributed by atoms with Gasteiger partial charge >= 0.3 is 6.09 Å². The number of rotatable bonds is 6. The predicted octanol–water partition coefficient (Wildman–Crippen LogP) is 6.80. The molecule has 0 atom stereocenters. The molecule has 0 bridgehead atoms. The van der Waals surface area contributed by atoms with Crippen molar-refractivity contribution in [3.05, 3.63) is 107 Å². The summed E-state index contributed by atoms with van der Waals surface area (Å²) < 4.78 is 31.3.